The lowest BCUT2D eigenvalue weighted by Gasteiger charge is -2.23. The van der Waals surface area contributed by atoms with Gasteiger partial charge in [0.2, 0.25) is 5.91 Å². The van der Waals surface area contributed by atoms with Crippen LogP contribution in [0.1, 0.15) is 43.5 Å². The number of para-hydroxylation sites is 2. The first-order chi connectivity index (χ1) is 15.6. The van der Waals surface area contributed by atoms with Crippen LogP contribution in [-0.4, -0.2) is 11.8 Å². The van der Waals surface area contributed by atoms with Crippen LogP contribution in [0.15, 0.2) is 84.9 Å². The maximum Gasteiger partial charge on any atom is 0.262 e. The molecule has 0 unspecified atom stereocenters. The number of carbonyl (C=O) groups excluding carboxylic acids is 2. The Balaban J connectivity index is 1.48. The third-order valence-electron chi connectivity index (χ3n) is 6.39. The van der Waals surface area contributed by atoms with E-state index in [1.807, 2.05) is 72.8 Å². The zero-order valence-corrected chi connectivity index (χ0v) is 18.7. The lowest BCUT2D eigenvalue weighted by Crippen LogP contribution is -2.25. The van der Waals surface area contributed by atoms with Crippen LogP contribution in [0.25, 0.3) is 0 Å². The van der Waals surface area contributed by atoms with Crippen molar-refractivity contribution in [1.29, 1.82) is 0 Å². The number of benzene rings is 3. The van der Waals surface area contributed by atoms with Crippen molar-refractivity contribution in [3.05, 3.63) is 90.5 Å². The van der Waals surface area contributed by atoms with Crippen molar-refractivity contribution in [2.75, 3.05) is 10.2 Å². The number of nitrogens with zero attached hydrogens (tertiary/aromatic N) is 1. The fourth-order valence-corrected chi connectivity index (χ4v) is 4.45. The van der Waals surface area contributed by atoms with Crippen molar-refractivity contribution in [3.8, 4) is 0 Å². The summed E-state index contributed by atoms with van der Waals surface area (Å²) in [6, 6.07) is 26.4. The molecule has 4 rings (SSSR count). The average molecular weight is 427 g/mol. The van der Waals surface area contributed by atoms with E-state index in [1.165, 1.54) is 6.42 Å². The van der Waals surface area contributed by atoms with Crippen LogP contribution in [0.2, 0.25) is 0 Å². The molecule has 0 aromatic heterocycles. The molecular formula is C28H30N2O2. The number of rotatable bonds is 8. The third-order valence-corrected chi connectivity index (χ3v) is 6.39. The summed E-state index contributed by atoms with van der Waals surface area (Å²) < 4.78 is 0. The zero-order valence-electron chi connectivity index (χ0n) is 18.7. The summed E-state index contributed by atoms with van der Waals surface area (Å²) in [7, 11) is 0. The molecule has 1 N–H and O–H groups in total. The second kappa shape index (κ2) is 9.82. The van der Waals surface area contributed by atoms with Crippen LogP contribution in [0, 0.1) is 17.8 Å². The van der Waals surface area contributed by atoms with E-state index in [9.17, 15) is 9.59 Å². The lowest BCUT2D eigenvalue weighted by molar-refractivity contribution is -0.117. The Hall–Kier alpha value is -3.40. The van der Waals surface area contributed by atoms with E-state index in [0.717, 1.165) is 29.9 Å². The number of anilines is 3. The number of carbonyl (C=O) groups is 2. The van der Waals surface area contributed by atoms with Crippen molar-refractivity contribution >= 4 is 28.9 Å². The number of amides is 2. The van der Waals surface area contributed by atoms with Crippen LogP contribution in [0.5, 0.6) is 0 Å². The minimum absolute atomic E-state index is 0.0906. The minimum atomic E-state index is -0.115. The summed E-state index contributed by atoms with van der Waals surface area (Å²) in [5, 5.41) is 3.04. The van der Waals surface area contributed by atoms with Crippen LogP contribution in [0.3, 0.4) is 0 Å². The van der Waals surface area contributed by atoms with E-state index in [-0.39, 0.29) is 17.7 Å². The molecule has 0 spiro atoms. The first-order valence-electron chi connectivity index (χ1n) is 11.5. The van der Waals surface area contributed by atoms with Gasteiger partial charge in [-0.15, -0.1) is 0 Å². The Morgan fingerprint density at radius 2 is 1.41 bits per heavy atom. The first-order valence-corrected chi connectivity index (χ1v) is 11.5. The third kappa shape index (κ3) is 4.75. The Morgan fingerprint density at radius 3 is 1.94 bits per heavy atom. The minimum Gasteiger partial charge on any atom is -0.326 e. The van der Waals surface area contributed by atoms with Gasteiger partial charge in [0.1, 0.15) is 0 Å². The van der Waals surface area contributed by atoms with Crippen LogP contribution in [0.4, 0.5) is 17.1 Å². The monoisotopic (exact) mass is 426 g/mol. The largest absolute Gasteiger partial charge is 0.326 e. The van der Waals surface area contributed by atoms with Crippen molar-refractivity contribution in [2.45, 2.75) is 33.1 Å². The molecule has 0 bridgehead atoms. The van der Waals surface area contributed by atoms with E-state index in [1.54, 1.807) is 17.0 Å². The Kier molecular flexibility index (Phi) is 6.69. The van der Waals surface area contributed by atoms with Gasteiger partial charge in [0.25, 0.3) is 5.91 Å². The van der Waals surface area contributed by atoms with E-state index in [4.69, 9.17) is 0 Å². The van der Waals surface area contributed by atoms with Gasteiger partial charge in [-0.05, 0) is 66.8 Å². The summed E-state index contributed by atoms with van der Waals surface area (Å²) in [6.07, 6.45) is 3.46. The molecule has 3 atom stereocenters. The highest BCUT2D eigenvalue weighted by Crippen LogP contribution is 2.49. The molecule has 0 radical (unpaired) electrons. The second-order valence-corrected chi connectivity index (χ2v) is 8.57. The molecule has 0 saturated heterocycles. The Labute approximate surface area is 190 Å². The van der Waals surface area contributed by atoms with E-state index >= 15 is 0 Å². The van der Waals surface area contributed by atoms with Crippen LogP contribution < -0.4 is 10.2 Å². The number of hydrogen-bond acceptors (Lipinski definition) is 2. The van der Waals surface area contributed by atoms with E-state index in [2.05, 4.69) is 19.2 Å². The average Bonchev–Trinajstić information content (AvgIpc) is 3.49. The van der Waals surface area contributed by atoms with Gasteiger partial charge in [-0.3, -0.25) is 14.5 Å². The molecular weight excluding hydrogens is 396 g/mol. The highest BCUT2D eigenvalue weighted by atomic mass is 16.2. The molecule has 164 valence electrons. The van der Waals surface area contributed by atoms with Gasteiger partial charge in [0.05, 0.1) is 0 Å². The van der Waals surface area contributed by atoms with Gasteiger partial charge in [-0.2, -0.15) is 0 Å². The fraction of sp³-hybridized carbons (Fsp3) is 0.286. The smallest absolute Gasteiger partial charge is 0.262 e. The van der Waals surface area contributed by atoms with Crippen LogP contribution in [-0.2, 0) is 4.79 Å². The molecule has 3 aromatic rings. The summed E-state index contributed by atoms with van der Waals surface area (Å²) >= 11 is 0. The molecule has 0 heterocycles. The van der Waals surface area contributed by atoms with Crippen molar-refractivity contribution in [1.82, 2.24) is 0 Å². The van der Waals surface area contributed by atoms with Crippen molar-refractivity contribution in [2.24, 2.45) is 17.8 Å². The molecule has 3 aromatic carbocycles. The topological polar surface area (TPSA) is 49.4 Å². The number of nitrogens with one attached hydrogen (secondary N) is 1. The van der Waals surface area contributed by atoms with Crippen molar-refractivity contribution in [3.63, 3.8) is 0 Å². The molecule has 4 heteroatoms. The SMILES string of the molecule is CCCC[C@@H]1[C@H](C)[C@H]1C(=O)Nc1ccc(C(=O)N(c2ccccc2)c2ccccc2)cc1. The van der Waals surface area contributed by atoms with Gasteiger partial charge < -0.3 is 5.32 Å². The second-order valence-electron chi connectivity index (χ2n) is 8.57. The van der Waals surface area contributed by atoms with Gasteiger partial charge in [0, 0.05) is 28.5 Å². The zero-order chi connectivity index (χ0) is 22.5. The molecule has 1 aliphatic carbocycles. The normalized spacial score (nSPS) is 19.2. The van der Waals surface area contributed by atoms with Gasteiger partial charge in [-0.1, -0.05) is 63.1 Å². The number of unbranched alkanes of at least 4 members (excludes halogenated alkanes) is 1. The maximum atomic E-state index is 13.4. The van der Waals surface area contributed by atoms with E-state index < -0.39 is 0 Å². The van der Waals surface area contributed by atoms with Gasteiger partial charge in [-0.25, -0.2) is 0 Å². The summed E-state index contributed by atoms with van der Waals surface area (Å²) in [5.41, 5.74) is 2.91. The predicted octanol–water partition coefficient (Wildman–Crippen LogP) is 6.68. The summed E-state index contributed by atoms with van der Waals surface area (Å²) in [4.78, 5) is 27.8. The molecule has 1 aliphatic rings. The standard InChI is InChI=1S/C28H30N2O2/c1-3-4-15-25-20(2)26(25)27(31)29-22-18-16-21(17-19-22)28(32)30(23-11-7-5-8-12-23)24-13-9-6-10-14-24/h5-14,16-20,25-26H,3-4,15H2,1-2H3,(H,29,31)/t20-,25+,26+/m0/s1. The maximum absolute atomic E-state index is 13.4. The van der Waals surface area contributed by atoms with Gasteiger partial charge >= 0.3 is 0 Å². The molecule has 1 fully saturated rings. The Morgan fingerprint density at radius 1 is 0.844 bits per heavy atom. The fourth-order valence-electron chi connectivity index (χ4n) is 4.45. The first kappa shape index (κ1) is 21.8. The summed E-state index contributed by atoms with van der Waals surface area (Å²) in [5.74, 6) is 1.03. The molecule has 32 heavy (non-hydrogen) atoms. The van der Waals surface area contributed by atoms with Crippen molar-refractivity contribution < 1.29 is 9.59 Å². The Bertz CT molecular complexity index is 1010. The quantitative estimate of drug-likeness (QED) is 0.437. The molecule has 2 amide bonds. The molecule has 0 aliphatic heterocycles. The predicted molar refractivity (Wildman–Crippen MR) is 130 cm³/mol. The molecule has 1 saturated carbocycles. The molecule has 4 nitrogen and oxygen atoms in total. The highest BCUT2D eigenvalue weighted by molar-refractivity contribution is 6.11. The highest BCUT2D eigenvalue weighted by Gasteiger charge is 2.50. The van der Waals surface area contributed by atoms with Gasteiger partial charge in [0.15, 0.2) is 0 Å². The summed E-state index contributed by atoms with van der Waals surface area (Å²) in [6.45, 7) is 4.34. The van der Waals surface area contributed by atoms with E-state index in [0.29, 0.717) is 17.4 Å². The van der Waals surface area contributed by atoms with Crippen LogP contribution >= 0.6 is 0 Å². The lowest BCUT2D eigenvalue weighted by atomic mass is 10.1. The number of hydrogen-bond donors (Lipinski definition) is 1.